The number of hydrazone groups is 1. The molecule has 0 aromatic heterocycles. The fourth-order valence-electron chi connectivity index (χ4n) is 1.89. The second-order valence-corrected chi connectivity index (χ2v) is 4.59. The van der Waals surface area contributed by atoms with Crippen molar-refractivity contribution in [2.24, 2.45) is 10.8 Å². The lowest BCUT2D eigenvalue weighted by molar-refractivity contribution is 0.152. The number of ether oxygens (including phenoxy) is 2. The summed E-state index contributed by atoms with van der Waals surface area (Å²) < 4.78 is 10.1. The number of nitrogens with zero attached hydrogens (tertiary/aromatic N) is 2. The predicted octanol–water partition coefficient (Wildman–Crippen LogP) is 1.35. The lowest BCUT2D eigenvalue weighted by Crippen LogP contribution is -2.35. The van der Waals surface area contributed by atoms with Crippen LogP contribution in [0.15, 0.2) is 29.4 Å². The van der Waals surface area contributed by atoms with E-state index in [1.807, 2.05) is 37.3 Å². The summed E-state index contributed by atoms with van der Waals surface area (Å²) in [5.74, 6) is -0.108. The van der Waals surface area contributed by atoms with Crippen molar-refractivity contribution in [1.82, 2.24) is 5.43 Å². The zero-order valence-corrected chi connectivity index (χ0v) is 11.8. The van der Waals surface area contributed by atoms with Gasteiger partial charge in [-0.2, -0.15) is 10.4 Å². The van der Waals surface area contributed by atoms with Gasteiger partial charge in [0.2, 0.25) is 5.60 Å². The second kappa shape index (κ2) is 5.81. The largest absolute Gasteiger partial charge is 0.449 e. The van der Waals surface area contributed by atoms with Crippen LogP contribution < -0.4 is 11.2 Å². The molecule has 0 saturated carbocycles. The topological polar surface area (TPSA) is 113 Å². The van der Waals surface area contributed by atoms with Crippen LogP contribution in [0.25, 0.3) is 0 Å². The molecular weight excluding hydrogens is 272 g/mol. The van der Waals surface area contributed by atoms with Crippen LogP contribution >= 0.6 is 0 Å². The third kappa shape index (κ3) is 2.95. The van der Waals surface area contributed by atoms with Crippen molar-refractivity contribution in [1.29, 1.82) is 5.26 Å². The van der Waals surface area contributed by atoms with Crippen LogP contribution in [0.2, 0.25) is 0 Å². The van der Waals surface area contributed by atoms with Crippen molar-refractivity contribution in [3.8, 4) is 6.07 Å². The Labute approximate surface area is 122 Å². The van der Waals surface area contributed by atoms with Crippen molar-refractivity contribution in [2.45, 2.75) is 25.6 Å². The van der Waals surface area contributed by atoms with Crippen molar-refractivity contribution >= 4 is 11.9 Å². The highest BCUT2D eigenvalue weighted by atomic mass is 16.6. The summed E-state index contributed by atoms with van der Waals surface area (Å²) in [5.41, 5.74) is 8.47. The van der Waals surface area contributed by atoms with Gasteiger partial charge in [-0.15, -0.1) is 0 Å². The summed E-state index contributed by atoms with van der Waals surface area (Å²) in [6, 6.07) is 9.57. The first-order valence-corrected chi connectivity index (χ1v) is 6.45. The van der Waals surface area contributed by atoms with E-state index in [0.717, 1.165) is 11.1 Å². The molecule has 21 heavy (non-hydrogen) atoms. The molecule has 0 spiro atoms. The van der Waals surface area contributed by atoms with Gasteiger partial charge in [0.05, 0.1) is 6.61 Å². The Balaban J connectivity index is 2.10. The van der Waals surface area contributed by atoms with Crippen LogP contribution in [0.4, 0.5) is 4.79 Å². The first-order valence-electron chi connectivity index (χ1n) is 6.45. The van der Waals surface area contributed by atoms with Crippen molar-refractivity contribution < 1.29 is 14.3 Å². The Morgan fingerprint density at radius 2 is 2.24 bits per heavy atom. The molecule has 1 saturated heterocycles. The van der Waals surface area contributed by atoms with Crippen LogP contribution in [0.5, 0.6) is 0 Å². The number of nitriles is 1. The van der Waals surface area contributed by atoms with Crippen molar-refractivity contribution in [3.63, 3.8) is 0 Å². The maximum atomic E-state index is 11.2. The molecule has 7 heteroatoms. The van der Waals surface area contributed by atoms with Gasteiger partial charge in [-0.05, 0) is 19.4 Å². The van der Waals surface area contributed by atoms with E-state index in [9.17, 15) is 10.1 Å². The van der Waals surface area contributed by atoms with E-state index in [4.69, 9.17) is 10.5 Å². The molecule has 0 aliphatic carbocycles. The monoisotopic (exact) mass is 288 g/mol. The maximum absolute atomic E-state index is 11.2. The zero-order valence-electron chi connectivity index (χ0n) is 11.8. The van der Waals surface area contributed by atoms with E-state index >= 15 is 0 Å². The molecule has 1 aliphatic heterocycles. The highest BCUT2D eigenvalue weighted by Gasteiger charge is 2.62. The molecule has 2 rings (SSSR count). The summed E-state index contributed by atoms with van der Waals surface area (Å²) in [5, 5.41) is 13.0. The van der Waals surface area contributed by atoms with Gasteiger partial charge in [0, 0.05) is 0 Å². The van der Waals surface area contributed by atoms with Crippen LogP contribution in [0.3, 0.4) is 0 Å². The molecule has 1 fully saturated rings. The lowest BCUT2D eigenvalue weighted by Gasteiger charge is -2.05. The summed E-state index contributed by atoms with van der Waals surface area (Å²) in [6.07, 6.45) is -1.23. The smallest absolute Gasteiger partial charge is 0.427 e. The first kappa shape index (κ1) is 14.8. The molecule has 1 aromatic rings. The summed E-state index contributed by atoms with van der Waals surface area (Å²) in [4.78, 5) is 11.2. The van der Waals surface area contributed by atoms with E-state index < -0.39 is 17.8 Å². The number of hydrogen-bond donors (Lipinski definition) is 2. The van der Waals surface area contributed by atoms with E-state index in [1.165, 1.54) is 0 Å². The Morgan fingerprint density at radius 3 is 2.81 bits per heavy atom. The number of aryl methyl sites for hydroxylation is 1. The molecule has 0 radical (unpaired) electrons. The molecule has 7 nitrogen and oxygen atoms in total. The second-order valence-electron chi connectivity index (χ2n) is 4.59. The van der Waals surface area contributed by atoms with Gasteiger partial charge in [-0.25, -0.2) is 10.2 Å². The number of carbonyl (C=O) groups excluding carboxylic acids is 1. The predicted molar refractivity (Wildman–Crippen MR) is 75.1 cm³/mol. The summed E-state index contributed by atoms with van der Waals surface area (Å²) >= 11 is 0. The van der Waals surface area contributed by atoms with Gasteiger partial charge in [0.15, 0.2) is 5.84 Å². The fourth-order valence-corrected chi connectivity index (χ4v) is 1.89. The van der Waals surface area contributed by atoms with E-state index in [0.29, 0.717) is 0 Å². The van der Waals surface area contributed by atoms with Crippen LogP contribution in [-0.4, -0.2) is 24.1 Å². The maximum Gasteiger partial charge on any atom is 0.427 e. The standard InChI is InChI=1S/C14H16N4O3/c1-3-20-13(19)18-17-12(16)14(8-15)11(21-14)10-6-4-9(2)5-7-10/h4-7,11H,3H2,1-2H3,(H2,16,17)(H,18,19)/t11-,14+/m1/s1. The Kier molecular flexibility index (Phi) is 4.10. The third-order valence-corrected chi connectivity index (χ3v) is 3.09. The van der Waals surface area contributed by atoms with E-state index in [1.54, 1.807) is 6.92 Å². The highest BCUT2D eigenvalue weighted by Crippen LogP contribution is 2.49. The average molecular weight is 288 g/mol. The van der Waals surface area contributed by atoms with Gasteiger partial charge in [-0.3, -0.25) is 0 Å². The Hall–Kier alpha value is -2.59. The molecule has 1 aliphatic rings. The molecule has 110 valence electrons. The van der Waals surface area contributed by atoms with Gasteiger partial charge in [-0.1, -0.05) is 29.8 Å². The van der Waals surface area contributed by atoms with Crippen LogP contribution in [0.1, 0.15) is 24.2 Å². The normalized spacial score (nSPS) is 24.0. The minimum Gasteiger partial charge on any atom is -0.449 e. The van der Waals surface area contributed by atoms with E-state index in [2.05, 4.69) is 15.3 Å². The van der Waals surface area contributed by atoms with Crippen molar-refractivity contribution in [2.75, 3.05) is 6.61 Å². The number of benzene rings is 1. The average Bonchev–Trinajstić information content (AvgIpc) is 3.22. The molecular formula is C14H16N4O3. The number of epoxide rings is 1. The summed E-state index contributed by atoms with van der Waals surface area (Å²) in [7, 11) is 0. The number of carbonyl (C=O) groups is 1. The number of nitrogens with one attached hydrogen (secondary N) is 1. The molecule has 1 aromatic carbocycles. The Bertz CT molecular complexity index is 606. The Morgan fingerprint density at radius 1 is 1.57 bits per heavy atom. The fraction of sp³-hybridized carbons (Fsp3) is 0.357. The van der Waals surface area contributed by atoms with Gasteiger partial charge in [0.25, 0.3) is 0 Å². The SMILES string of the molecule is CCOC(=O)N/N=C(\N)[C@@]1(C#N)O[C@@H]1c1ccc(C)cc1. The van der Waals surface area contributed by atoms with Crippen LogP contribution in [0, 0.1) is 18.3 Å². The molecule has 2 atom stereocenters. The third-order valence-electron chi connectivity index (χ3n) is 3.09. The van der Waals surface area contributed by atoms with Gasteiger partial charge in [0.1, 0.15) is 12.2 Å². The summed E-state index contributed by atoms with van der Waals surface area (Å²) in [6.45, 7) is 3.85. The van der Waals surface area contributed by atoms with Crippen molar-refractivity contribution in [3.05, 3.63) is 35.4 Å². The molecule has 3 N–H and O–H groups in total. The van der Waals surface area contributed by atoms with Gasteiger partial charge >= 0.3 is 6.09 Å². The minimum atomic E-state index is -1.34. The number of amides is 1. The minimum absolute atomic E-state index is 0.108. The molecule has 0 unspecified atom stereocenters. The van der Waals surface area contributed by atoms with E-state index in [-0.39, 0.29) is 12.4 Å². The highest BCUT2D eigenvalue weighted by molar-refractivity contribution is 5.96. The number of amidine groups is 1. The number of rotatable bonds is 4. The molecule has 0 bridgehead atoms. The number of hydrogen-bond acceptors (Lipinski definition) is 5. The van der Waals surface area contributed by atoms with Gasteiger partial charge < -0.3 is 15.2 Å². The molecule has 1 heterocycles. The zero-order chi connectivity index (χ0) is 15.5. The lowest BCUT2D eigenvalue weighted by atomic mass is 9.99. The quantitative estimate of drug-likeness (QED) is 0.376. The molecule has 1 amide bonds. The number of nitrogens with two attached hydrogens (primary N) is 1. The van der Waals surface area contributed by atoms with Crippen LogP contribution in [-0.2, 0) is 9.47 Å². The first-order chi connectivity index (χ1) is 10.0.